The lowest BCUT2D eigenvalue weighted by atomic mass is 10.1. The van der Waals surface area contributed by atoms with Crippen molar-refractivity contribution in [1.29, 1.82) is 0 Å². The van der Waals surface area contributed by atoms with Gasteiger partial charge in [-0.1, -0.05) is 22.0 Å². The van der Waals surface area contributed by atoms with Crippen LogP contribution in [-0.2, 0) is 4.79 Å². The number of rotatable bonds is 6. The maximum atomic E-state index is 12.2. The topological polar surface area (TPSA) is 80.6 Å². The summed E-state index contributed by atoms with van der Waals surface area (Å²) in [4.78, 5) is 24.5. The molecule has 0 aliphatic rings. The summed E-state index contributed by atoms with van der Waals surface area (Å²) in [7, 11) is 1.57. The van der Waals surface area contributed by atoms with Gasteiger partial charge in [-0.15, -0.1) is 0 Å². The summed E-state index contributed by atoms with van der Waals surface area (Å²) in [5.41, 5.74) is 1.66. The molecule has 0 spiro atoms. The second-order valence-electron chi connectivity index (χ2n) is 5.72. The van der Waals surface area contributed by atoms with Crippen LogP contribution in [0, 0.1) is 0 Å². The molecule has 0 atom stereocenters. The largest absolute Gasteiger partial charge is 0.496 e. The fourth-order valence-electron chi connectivity index (χ4n) is 2.46. The summed E-state index contributed by atoms with van der Waals surface area (Å²) in [6.45, 7) is 0. The highest BCUT2D eigenvalue weighted by atomic mass is 79.9. The predicted octanol–water partition coefficient (Wildman–Crippen LogP) is 4.95. The second kappa shape index (κ2) is 9.05. The zero-order chi connectivity index (χ0) is 19.9. The molecular weight excluding hydrogens is 424 g/mol. The Kier molecular flexibility index (Phi) is 6.29. The van der Waals surface area contributed by atoms with Crippen molar-refractivity contribution < 1.29 is 18.7 Å². The van der Waals surface area contributed by atoms with Crippen LogP contribution in [0.2, 0.25) is 0 Å². The zero-order valence-corrected chi connectivity index (χ0v) is 16.5. The van der Waals surface area contributed by atoms with Crippen LogP contribution in [0.5, 0.6) is 5.75 Å². The van der Waals surface area contributed by atoms with E-state index in [0.717, 1.165) is 10.0 Å². The van der Waals surface area contributed by atoms with E-state index in [-0.39, 0.29) is 11.8 Å². The number of anilines is 2. The number of hydrogen-bond donors (Lipinski definition) is 2. The first-order valence-electron chi connectivity index (χ1n) is 8.32. The van der Waals surface area contributed by atoms with E-state index in [1.165, 1.54) is 12.3 Å². The molecule has 28 heavy (non-hydrogen) atoms. The molecule has 0 aliphatic heterocycles. The zero-order valence-electron chi connectivity index (χ0n) is 14.9. The summed E-state index contributed by atoms with van der Waals surface area (Å²) >= 11 is 3.39. The molecular formula is C21H17BrN2O4. The first kappa shape index (κ1) is 19.4. The highest BCUT2D eigenvalue weighted by molar-refractivity contribution is 9.10. The van der Waals surface area contributed by atoms with Gasteiger partial charge in [0.15, 0.2) is 5.88 Å². The molecule has 0 saturated carbocycles. The number of carbonyl (C=O) groups excluding carboxylic acids is 2. The Morgan fingerprint density at radius 1 is 1.07 bits per heavy atom. The maximum Gasteiger partial charge on any atom is 0.258 e. The number of methoxy groups -OCH3 is 1. The summed E-state index contributed by atoms with van der Waals surface area (Å²) in [5, 5.41) is 5.37. The van der Waals surface area contributed by atoms with Gasteiger partial charge in [0.2, 0.25) is 5.91 Å². The Labute approximate surface area is 170 Å². The molecule has 0 aliphatic carbocycles. The third kappa shape index (κ3) is 5.11. The number of furan rings is 1. The molecule has 3 rings (SSSR count). The van der Waals surface area contributed by atoms with Crippen LogP contribution in [0.4, 0.5) is 11.6 Å². The van der Waals surface area contributed by atoms with Crippen LogP contribution >= 0.6 is 15.9 Å². The third-order valence-electron chi connectivity index (χ3n) is 3.76. The van der Waals surface area contributed by atoms with Crippen LogP contribution in [0.15, 0.2) is 75.8 Å². The van der Waals surface area contributed by atoms with E-state index in [0.29, 0.717) is 22.9 Å². The van der Waals surface area contributed by atoms with E-state index < -0.39 is 0 Å². The van der Waals surface area contributed by atoms with Gasteiger partial charge in [0.1, 0.15) is 5.75 Å². The van der Waals surface area contributed by atoms with Crippen LogP contribution in [0.25, 0.3) is 6.08 Å². The summed E-state index contributed by atoms with van der Waals surface area (Å²) in [6.07, 6.45) is 4.53. The lowest BCUT2D eigenvalue weighted by Gasteiger charge is -2.07. The van der Waals surface area contributed by atoms with E-state index in [4.69, 9.17) is 9.15 Å². The molecule has 1 heterocycles. The molecule has 7 heteroatoms. The molecule has 0 unspecified atom stereocenters. The quantitative estimate of drug-likeness (QED) is 0.531. The first-order valence-corrected chi connectivity index (χ1v) is 9.12. The smallest absolute Gasteiger partial charge is 0.258 e. The summed E-state index contributed by atoms with van der Waals surface area (Å²) < 4.78 is 11.3. The van der Waals surface area contributed by atoms with Crippen molar-refractivity contribution in [2.45, 2.75) is 0 Å². The van der Waals surface area contributed by atoms with Crippen molar-refractivity contribution in [3.63, 3.8) is 0 Å². The second-order valence-corrected chi connectivity index (χ2v) is 6.64. The molecule has 0 fully saturated rings. The Balaban J connectivity index is 1.67. The van der Waals surface area contributed by atoms with Gasteiger partial charge < -0.3 is 14.5 Å². The van der Waals surface area contributed by atoms with Gasteiger partial charge in [-0.3, -0.25) is 14.9 Å². The molecule has 2 aromatic carbocycles. The van der Waals surface area contributed by atoms with Crippen molar-refractivity contribution in [1.82, 2.24) is 0 Å². The Morgan fingerprint density at radius 2 is 1.93 bits per heavy atom. The third-order valence-corrected chi connectivity index (χ3v) is 4.25. The van der Waals surface area contributed by atoms with E-state index in [2.05, 4.69) is 26.6 Å². The highest BCUT2D eigenvalue weighted by Crippen LogP contribution is 2.24. The molecule has 0 bridgehead atoms. The van der Waals surface area contributed by atoms with E-state index in [1.54, 1.807) is 49.6 Å². The number of amides is 2. The van der Waals surface area contributed by atoms with Crippen molar-refractivity contribution in [3.8, 4) is 5.75 Å². The van der Waals surface area contributed by atoms with Crippen molar-refractivity contribution in [2.75, 3.05) is 17.7 Å². The minimum absolute atomic E-state index is 0.328. The fourth-order valence-corrected chi connectivity index (χ4v) is 2.84. The number of nitrogens with one attached hydrogen (secondary N) is 2. The number of halogens is 1. The molecule has 6 nitrogen and oxygen atoms in total. The molecule has 3 aromatic rings. The van der Waals surface area contributed by atoms with Gasteiger partial charge in [-0.25, -0.2) is 0 Å². The first-order chi connectivity index (χ1) is 13.5. The van der Waals surface area contributed by atoms with Gasteiger partial charge in [-0.2, -0.15) is 0 Å². The number of benzene rings is 2. The predicted molar refractivity (Wildman–Crippen MR) is 111 cm³/mol. The van der Waals surface area contributed by atoms with Crippen LogP contribution in [-0.4, -0.2) is 18.9 Å². The molecule has 0 saturated heterocycles. The van der Waals surface area contributed by atoms with E-state index in [9.17, 15) is 9.59 Å². The fraction of sp³-hybridized carbons (Fsp3) is 0.0476. The molecule has 2 N–H and O–H groups in total. The average molecular weight is 441 g/mol. The Morgan fingerprint density at radius 3 is 2.68 bits per heavy atom. The molecule has 2 amide bonds. The van der Waals surface area contributed by atoms with Crippen LogP contribution in [0.1, 0.15) is 15.9 Å². The monoisotopic (exact) mass is 440 g/mol. The molecule has 142 valence electrons. The molecule has 1 aromatic heterocycles. The Hall–Kier alpha value is -3.32. The summed E-state index contributed by atoms with van der Waals surface area (Å²) in [5.74, 6) is 0.347. The van der Waals surface area contributed by atoms with Gasteiger partial charge in [0.25, 0.3) is 5.91 Å². The highest BCUT2D eigenvalue weighted by Gasteiger charge is 2.09. The van der Waals surface area contributed by atoms with Crippen molar-refractivity contribution in [3.05, 3.63) is 82.5 Å². The van der Waals surface area contributed by atoms with Gasteiger partial charge >= 0.3 is 0 Å². The van der Waals surface area contributed by atoms with E-state index >= 15 is 0 Å². The minimum Gasteiger partial charge on any atom is -0.496 e. The number of ether oxygens (including phenoxy) is 1. The standard InChI is InChI=1S/C21H17BrN2O4/c1-27-18-9-8-16(22)12-14(18)7-10-19(25)23-17-5-2-4-15(13-17)21(26)24-20-6-3-11-28-20/h2-13H,1H3,(H,23,25)(H,24,26)/b10-7+. The summed E-state index contributed by atoms with van der Waals surface area (Å²) in [6, 6.07) is 15.5. The molecule has 0 radical (unpaired) electrons. The van der Waals surface area contributed by atoms with Crippen molar-refractivity contribution in [2.24, 2.45) is 0 Å². The SMILES string of the molecule is COc1ccc(Br)cc1/C=C/C(=O)Nc1cccc(C(=O)Nc2ccco2)c1. The van der Waals surface area contributed by atoms with Crippen molar-refractivity contribution >= 4 is 45.4 Å². The van der Waals surface area contributed by atoms with E-state index in [1.807, 2.05) is 18.2 Å². The van der Waals surface area contributed by atoms with Gasteiger partial charge in [0, 0.05) is 33.4 Å². The number of hydrogen-bond acceptors (Lipinski definition) is 4. The van der Waals surface area contributed by atoms with Gasteiger partial charge in [-0.05, 0) is 48.5 Å². The van der Waals surface area contributed by atoms with Crippen LogP contribution < -0.4 is 15.4 Å². The normalized spacial score (nSPS) is 10.6. The lowest BCUT2D eigenvalue weighted by Crippen LogP contribution is -2.13. The lowest BCUT2D eigenvalue weighted by molar-refractivity contribution is -0.111. The minimum atomic E-state index is -0.333. The maximum absolute atomic E-state index is 12.2. The number of carbonyl (C=O) groups is 2. The average Bonchev–Trinajstić information content (AvgIpc) is 3.19. The Bertz CT molecular complexity index is 1010. The van der Waals surface area contributed by atoms with Crippen LogP contribution in [0.3, 0.4) is 0 Å². The van der Waals surface area contributed by atoms with Gasteiger partial charge in [0.05, 0.1) is 13.4 Å².